The third kappa shape index (κ3) is 2.37. The fraction of sp³-hybridized carbons (Fsp3) is 0.600. The number of rotatable bonds is 2. The van der Waals surface area contributed by atoms with Gasteiger partial charge in [0.15, 0.2) is 0 Å². The number of hydrogen-bond acceptors (Lipinski definition) is 1. The van der Waals surface area contributed by atoms with Crippen molar-refractivity contribution in [1.29, 1.82) is 0 Å². The average molecular weight is 235 g/mol. The minimum atomic E-state index is -0.183. The van der Waals surface area contributed by atoms with E-state index in [1.165, 1.54) is 18.9 Å². The maximum absolute atomic E-state index is 13.3. The lowest BCUT2D eigenvalue weighted by Gasteiger charge is -2.33. The van der Waals surface area contributed by atoms with Crippen LogP contribution in [0.15, 0.2) is 18.2 Å². The Morgan fingerprint density at radius 2 is 2.12 bits per heavy atom. The highest BCUT2D eigenvalue weighted by molar-refractivity contribution is 5.30. The van der Waals surface area contributed by atoms with Crippen molar-refractivity contribution in [2.75, 3.05) is 0 Å². The van der Waals surface area contributed by atoms with E-state index in [1.54, 1.807) is 6.07 Å². The minimum absolute atomic E-state index is 0.0387. The standard InChI is InChI=1S/C15H22FN/c1-10-6-7-11(16)9-12(10)14(17)13-5-4-8-15(13,2)3/h6-7,9,13-14H,4-5,8,17H2,1-3H3. The molecule has 2 atom stereocenters. The second-order valence-electron chi connectivity index (χ2n) is 6.01. The Balaban J connectivity index is 2.30. The largest absolute Gasteiger partial charge is 0.324 e. The summed E-state index contributed by atoms with van der Waals surface area (Å²) in [7, 11) is 0. The molecule has 1 nitrogen and oxygen atoms in total. The Kier molecular flexibility index (Phi) is 3.26. The summed E-state index contributed by atoms with van der Waals surface area (Å²) in [5.74, 6) is 0.278. The highest BCUT2D eigenvalue weighted by Gasteiger charge is 2.38. The van der Waals surface area contributed by atoms with Crippen molar-refractivity contribution < 1.29 is 4.39 Å². The summed E-state index contributed by atoms with van der Waals surface area (Å²) in [4.78, 5) is 0. The molecule has 0 radical (unpaired) electrons. The van der Waals surface area contributed by atoms with Gasteiger partial charge in [0.05, 0.1) is 0 Å². The van der Waals surface area contributed by atoms with Gasteiger partial charge >= 0.3 is 0 Å². The van der Waals surface area contributed by atoms with Crippen LogP contribution in [0.4, 0.5) is 4.39 Å². The maximum atomic E-state index is 13.3. The van der Waals surface area contributed by atoms with Crippen LogP contribution in [-0.2, 0) is 0 Å². The summed E-state index contributed by atoms with van der Waals surface area (Å²) in [6.07, 6.45) is 3.61. The van der Waals surface area contributed by atoms with E-state index >= 15 is 0 Å². The van der Waals surface area contributed by atoms with E-state index in [2.05, 4.69) is 13.8 Å². The van der Waals surface area contributed by atoms with Gasteiger partial charge in [-0.25, -0.2) is 4.39 Å². The molecule has 1 aliphatic rings. The highest BCUT2D eigenvalue weighted by atomic mass is 19.1. The first-order valence-corrected chi connectivity index (χ1v) is 6.43. The molecule has 1 aromatic carbocycles. The Hall–Kier alpha value is -0.890. The van der Waals surface area contributed by atoms with Crippen LogP contribution in [-0.4, -0.2) is 0 Å². The SMILES string of the molecule is Cc1ccc(F)cc1C(N)C1CCCC1(C)C. The van der Waals surface area contributed by atoms with Crippen molar-refractivity contribution in [3.05, 3.63) is 35.1 Å². The van der Waals surface area contributed by atoms with Gasteiger partial charge in [-0.2, -0.15) is 0 Å². The summed E-state index contributed by atoms with van der Waals surface area (Å²) < 4.78 is 13.3. The zero-order valence-corrected chi connectivity index (χ0v) is 11.0. The molecule has 2 heteroatoms. The highest BCUT2D eigenvalue weighted by Crippen LogP contribution is 2.48. The van der Waals surface area contributed by atoms with E-state index in [0.717, 1.165) is 17.5 Å². The van der Waals surface area contributed by atoms with Crippen molar-refractivity contribution in [2.24, 2.45) is 17.1 Å². The molecule has 0 spiro atoms. The van der Waals surface area contributed by atoms with Crippen molar-refractivity contribution in [3.63, 3.8) is 0 Å². The Bertz CT molecular complexity index is 411. The third-order valence-corrected chi connectivity index (χ3v) is 4.37. The number of halogens is 1. The van der Waals surface area contributed by atoms with Crippen LogP contribution in [0.5, 0.6) is 0 Å². The molecular weight excluding hydrogens is 213 g/mol. The van der Waals surface area contributed by atoms with Crippen LogP contribution in [0.1, 0.15) is 50.3 Å². The Morgan fingerprint density at radius 3 is 2.71 bits per heavy atom. The Labute approximate surface area is 103 Å². The Morgan fingerprint density at radius 1 is 1.41 bits per heavy atom. The quantitative estimate of drug-likeness (QED) is 0.825. The van der Waals surface area contributed by atoms with E-state index in [-0.39, 0.29) is 17.3 Å². The van der Waals surface area contributed by atoms with Gasteiger partial charge in [-0.15, -0.1) is 0 Å². The minimum Gasteiger partial charge on any atom is -0.324 e. The van der Waals surface area contributed by atoms with Crippen LogP contribution in [0.2, 0.25) is 0 Å². The molecule has 17 heavy (non-hydrogen) atoms. The molecule has 0 aliphatic heterocycles. The molecule has 2 N–H and O–H groups in total. The number of hydrogen-bond donors (Lipinski definition) is 1. The van der Waals surface area contributed by atoms with E-state index in [9.17, 15) is 4.39 Å². The van der Waals surface area contributed by atoms with Gasteiger partial charge in [0.2, 0.25) is 0 Å². The van der Waals surface area contributed by atoms with E-state index in [4.69, 9.17) is 5.73 Å². The van der Waals surface area contributed by atoms with Crippen molar-refractivity contribution in [2.45, 2.75) is 46.1 Å². The smallest absolute Gasteiger partial charge is 0.123 e. The summed E-state index contributed by atoms with van der Waals surface area (Å²) in [5.41, 5.74) is 8.73. The summed E-state index contributed by atoms with van der Waals surface area (Å²) in [6, 6.07) is 4.90. The second-order valence-corrected chi connectivity index (χ2v) is 6.01. The zero-order chi connectivity index (χ0) is 12.6. The molecular formula is C15H22FN. The molecule has 2 rings (SSSR count). The van der Waals surface area contributed by atoms with Crippen LogP contribution in [0, 0.1) is 24.1 Å². The molecule has 1 aliphatic carbocycles. The van der Waals surface area contributed by atoms with Gasteiger partial charge in [-0.05, 0) is 54.4 Å². The molecule has 1 fully saturated rings. The summed E-state index contributed by atoms with van der Waals surface area (Å²) in [6.45, 7) is 6.56. The molecule has 0 heterocycles. The van der Waals surface area contributed by atoms with Crippen LogP contribution in [0.3, 0.4) is 0 Å². The van der Waals surface area contributed by atoms with Gasteiger partial charge in [0, 0.05) is 6.04 Å². The molecule has 0 bridgehead atoms. The second kappa shape index (κ2) is 4.41. The van der Waals surface area contributed by atoms with Crippen LogP contribution < -0.4 is 5.73 Å². The molecule has 1 saturated carbocycles. The number of aryl methyl sites for hydroxylation is 1. The van der Waals surface area contributed by atoms with Crippen LogP contribution in [0.25, 0.3) is 0 Å². The first-order valence-electron chi connectivity index (χ1n) is 6.43. The fourth-order valence-corrected chi connectivity index (χ4v) is 3.21. The first kappa shape index (κ1) is 12.6. The van der Waals surface area contributed by atoms with E-state index < -0.39 is 0 Å². The third-order valence-electron chi connectivity index (χ3n) is 4.37. The van der Waals surface area contributed by atoms with E-state index in [0.29, 0.717) is 5.92 Å². The molecule has 2 unspecified atom stereocenters. The average Bonchev–Trinajstić information content (AvgIpc) is 2.61. The summed E-state index contributed by atoms with van der Waals surface area (Å²) >= 11 is 0. The normalized spacial score (nSPS) is 24.9. The monoisotopic (exact) mass is 235 g/mol. The molecule has 1 aromatic rings. The number of benzene rings is 1. The molecule has 0 aromatic heterocycles. The maximum Gasteiger partial charge on any atom is 0.123 e. The number of nitrogens with two attached hydrogens (primary N) is 1. The predicted octanol–water partition coefficient (Wildman–Crippen LogP) is 3.96. The zero-order valence-electron chi connectivity index (χ0n) is 11.0. The summed E-state index contributed by atoms with van der Waals surface area (Å²) in [5, 5.41) is 0. The predicted molar refractivity (Wildman–Crippen MR) is 69.2 cm³/mol. The van der Waals surface area contributed by atoms with Gasteiger partial charge < -0.3 is 5.73 Å². The van der Waals surface area contributed by atoms with Crippen molar-refractivity contribution in [1.82, 2.24) is 0 Å². The molecule has 0 saturated heterocycles. The molecule has 0 amide bonds. The topological polar surface area (TPSA) is 26.0 Å². The van der Waals surface area contributed by atoms with Gasteiger partial charge in [-0.1, -0.05) is 26.3 Å². The fourth-order valence-electron chi connectivity index (χ4n) is 3.21. The van der Waals surface area contributed by atoms with Gasteiger partial charge in [0.1, 0.15) is 5.82 Å². The molecule has 94 valence electrons. The lowest BCUT2D eigenvalue weighted by atomic mass is 9.75. The lowest BCUT2D eigenvalue weighted by molar-refractivity contribution is 0.221. The van der Waals surface area contributed by atoms with Crippen molar-refractivity contribution >= 4 is 0 Å². The van der Waals surface area contributed by atoms with Crippen LogP contribution >= 0.6 is 0 Å². The van der Waals surface area contributed by atoms with Gasteiger partial charge in [0.25, 0.3) is 0 Å². The van der Waals surface area contributed by atoms with E-state index in [1.807, 2.05) is 13.0 Å². The lowest BCUT2D eigenvalue weighted by Crippen LogP contribution is -2.30. The van der Waals surface area contributed by atoms with Crippen molar-refractivity contribution in [3.8, 4) is 0 Å². The van der Waals surface area contributed by atoms with Gasteiger partial charge in [-0.3, -0.25) is 0 Å². The first-order chi connectivity index (χ1) is 7.92.